The number of nitro groups is 1. The number of rotatable bonds is 18. The summed E-state index contributed by atoms with van der Waals surface area (Å²) in [5.74, 6) is -0.358. The molecule has 7 rings (SSSR count). The maximum Gasteiger partial charge on any atom is 0.293 e. The fourth-order valence-electron chi connectivity index (χ4n) is 7.20. The number of sulfonamides is 1. The van der Waals surface area contributed by atoms with E-state index in [9.17, 15) is 23.3 Å². The van der Waals surface area contributed by atoms with Gasteiger partial charge in [0, 0.05) is 90.7 Å². The molecule has 1 aliphatic rings. The van der Waals surface area contributed by atoms with Crippen LogP contribution in [0.15, 0.2) is 156 Å². The van der Waals surface area contributed by atoms with Crippen molar-refractivity contribution >= 4 is 56.4 Å². The molecule has 0 aliphatic carbocycles. The maximum absolute atomic E-state index is 13.9. The molecule has 0 spiro atoms. The molecule has 2 heterocycles. The lowest BCUT2D eigenvalue weighted by Crippen LogP contribution is -2.46. The highest BCUT2D eigenvalue weighted by molar-refractivity contribution is 7.99. The number of thioether (sulfide) groups is 1. The lowest BCUT2D eigenvalue weighted by Gasteiger charge is -2.36. The van der Waals surface area contributed by atoms with E-state index in [0.29, 0.717) is 30.3 Å². The van der Waals surface area contributed by atoms with Crippen LogP contribution >= 0.6 is 23.4 Å². The van der Waals surface area contributed by atoms with Crippen LogP contribution < -0.4 is 20.3 Å². The van der Waals surface area contributed by atoms with E-state index in [1.807, 2.05) is 84.9 Å². The van der Waals surface area contributed by atoms with E-state index in [2.05, 4.69) is 48.3 Å². The first-order valence-corrected chi connectivity index (χ1v) is 22.8. The molecule has 3 N–H and O–H groups in total. The van der Waals surface area contributed by atoms with E-state index in [1.165, 1.54) is 29.3 Å². The van der Waals surface area contributed by atoms with Gasteiger partial charge in [0.05, 0.1) is 4.92 Å². The Bertz CT molecular complexity index is 2510. The molecule has 0 bridgehead atoms. The normalized spacial score (nSPS) is 13.7. The number of piperazine rings is 1. The Balaban J connectivity index is 0.998. The second-order valence-electron chi connectivity index (χ2n) is 14.6. The quantitative estimate of drug-likeness (QED) is 0.0330. The molecule has 1 saturated heterocycles. The fourth-order valence-corrected chi connectivity index (χ4v) is 9.48. The Morgan fingerprint density at radius 2 is 1.54 bits per heavy atom. The van der Waals surface area contributed by atoms with Gasteiger partial charge in [-0.1, -0.05) is 72.3 Å². The number of carbonyl (C=O) groups is 1. The minimum atomic E-state index is -4.57. The SMILES string of the molecule is O=C(NS(=O)(=O)c1cccc([N+](=O)[O-])c1N[C@H](CCNCc1ccncc1)CSc1ccccc1)c1ccc(N2CCN(Cc3ccccc3-c3ccc(Cl)cc3)CC2)cc1. The molecular weight excluding hydrogens is 830 g/mol. The third kappa shape index (κ3) is 11.7. The highest BCUT2D eigenvalue weighted by Gasteiger charge is 2.30. The summed E-state index contributed by atoms with van der Waals surface area (Å²) < 4.78 is 30.1. The molecule has 1 atom stereocenters. The second kappa shape index (κ2) is 20.7. The van der Waals surface area contributed by atoms with E-state index in [4.69, 9.17) is 11.6 Å². The van der Waals surface area contributed by atoms with Crippen LogP contribution in [0.1, 0.15) is 27.9 Å². The summed E-state index contributed by atoms with van der Waals surface area (Å²) >= 11 is 7.68. The van der Waals surface area contributed by atoms with Gasteiger partial charge in [0.15, 0.2) is 0 Å². The molecule has 0 unspecified atom stereocenters. The van der Waals surface area contributed by atoms with Crippen molar-refractivity contribution in [2.45, 2.75) is 35.3 Å². The number of aromatic nitrogens is 1. The van der Waals surface area contributed by atoms with Crippen molar-refractivity contribution in [3.05, 3.63) is 178 Å². The molecule has 5 aromatic carbocycles. The van der Waals surface area contributed by atoms with Crippen LogP contribution in [-0.4, -0.2) is 73.7 Å². The number of pyridine rings is 1. The van der Waals surface area contributed by atoms with Gasteiger partial charge in [-0.05, 0) is 102 Å². The lowest BCUT2D eigenvalue weighted by atomic mass is 9.99. The molecule has 1 fully saturated rings. The van der Waals surface area contributed by atoms with Gasteiger partial charge < -0.3 is 15.5 Å². The predicted octanol–water partition coefficient (Wildman–Crippen LogP) is 8.50. The number of nitrogens with one attached hydrogen (secondary N) is 3. The maximum atomic E-state index is 13.9. The van der Waals surface area contributed by atoms with E-state index in [-0.39, 0.29) is 22.2 Å². The Morgan fingerprint density at radius 1 is 0.836 bits per heavy atom. The zero-order valence-corrected chi connectivity index (χ0v) is 35.7. The molecule has 1 aliphatic heterocycles. The van der Waals surface area contributed by atoms with Crippen molar-refractivity contribution in [3.63, 3.8) is 0 Å². The van der Waals surface area contributed by atoms with Crippen molar-refractivity contribution in [1.82, 2.24) is 19.9 Å². The standard InChI is InChI=1S/C46H46ClN7O5S2/c47-38-17-13-35(14-18-38)42-10-5-4-7-37(42)32-52-27-29-53(30-28-52)40-19-15-36(16-20-40)46(55)51-61(58,59)44-12-6-11-43(54(56)57)45(44)50-39(33-60-41-8-2-1-3-9-41)23-26-49-31-34-21-24-48-25-22-34/h1-22,24-25,39,49-50H,23,26-33H2,(H,51,55)/t39-/m1/s1. The molecule has 61 heavy (non-hydrogen) atoms. The summed E-state index contributed by atoms with van der Waals surface area (Å²) in [6.45, 7) is 5.16. The summed E-state index contributed by atoms with van der Waals surface area (Å²) in [7, 11) is -4.57. The van der Waals surface area contributed by atoms with Gasteiger partial charge >= 0.3 is 0 Å². The molecule has 15 heteroatoms. The predicted molar refractivity (Wildman–Crippen MR) is 244 cm³/mol. The first kappa shape index (κ1) is 43.3. The van der Waals surface area contributed by atoms with Crippen LogP contribution in [0.2, 0.25) is 5.02 Å². The van der Waals surface area contributed by atoms with Crippen molar-refractivity contribution < 1.29 is 18.1 Å². The number of anilines is 2. The Hall–Kier alpha value is -5.77. The highest BCUT2D eigenvalue weighted by atomic mass is 35.5. The van der Waals surface area contributed by atoms with Gasteiger partial charge in [-0.25, -0.2) is 13.1 Å². The molecule has 1 amide bonds. The number of hydrogen-bond donors (Lipinski definition) is 3. The fraction of sp³-hybridized carbons (Fsp3) is 0.217. The number of halogens is 1. The molecule has 0 radical (unpaired) electrons. The largest absolute Gasteiger partial charge is 0.375 e. The van der Waals surface area contributed by atoms with E-state index < -0.39 is 26.5 Å². The monoisotopic (exact) mass is 875 g/mol. The Morgan fingerprint density at radius 3 is 2.26 bits per heavy atom. The molecular formula is C46H46ClN7O5S2. The number of para-hydroxylation sites is 1. The van der Waals surface area contributed by atoms with Crippen LogP contribution in [-0.2, 0) is 23.1 Å². The topological polar surface area (TPSA) is 150 Å². The molecule has 12 nitrogen and oxygen atoms in total. The van der Waals surface area contributed by atoms with Crippen LogP contribution in [0, 0.1) is 10.1 Å². The van der Waals surface area contributed by atoms with Gasteiger partial charge in [0.1, 0.15) is 10.6 Å². The average Bonchev–Trinajstić information content (AvgIpc) is 3.28. The van der Waals surface area contributed by atoms with Crippen molar-refractivity contribution in [2.75, 3.05) is 48.7 Å². The zero-order valence-electron chi connectivity index (χ0n) is 33.3. The molecule has 0 saturated carbocycles. The first-order chi connectivity index (χ1) is 29.6. The summed E-state index contributed by atoms with van der Waals surface area (Å²) in [5, 5.41) is 19.6. The Kier molecular flexibility index (Phi) is 14.7. The minimum absolute atomic E-state index is 0.141. The second-order valence-corrected chi connectivity index (χ2v) is 17.8. The summed E-state index contributed by atoms with van der Waals surface area (Å²) in [5.41, 5.74) is 5.06. The molecule has 1 aromatic heterocycles. The first-order valence-electron chi connectivity index (χ1n) is 19.9. The number of carbonyl (C=O) groups excluding carboxylic acids is 1. The molecule has 6 aromatic rings. The highest BCUT2D eigenvalue weighted by Crippen LogP contribution is 2.34. The number of amides is 1. The third-order valence-electron chi connectivity index (χ3n) is 10.4. The zero-order chi connectivity index (χ0) is 42.6. The van der Waals surface area contributed by atoms with Gasteiger partial charge in [-0.2, -0.15) is 0 Å². The van der Waals surface area contributed by atoms with Crippen molar-refractivity contribution in [3.8, 4) is 11.1 Å². The summed E-state index contributed by atoms with van der Waals surface area (Å²) in [4.78, 5) is 34.5. The van der Waals surface area contributed by atoms with Crippen molar-refractivity contribution in [1.29, 1.82) is 0 Å². The minimum Gasteiger partial charge on any atom is -0.375 e. The van der Waals surface area contributed by atoms with E-state index in [0.717, 1.165) is 54.4 Å². The summed E-state index contributed by atoms with van der Waals surface area (Å²) in [6.07, 6.45) is 3.96. The van der Waals surface area contributed by atoms with Gasteiger partial charge in [-0.15, -0.1) is 11.8 Å². The number of nitrogens with zero attached hydrogens (tertiary/aromatic N) is 4. The van der Waals surface area contributed by atoms with E-state index >= 15 is 0 Å². The number of nitro benzene ring substituents is 1. The van der Waals surface area contributed by atoms with Crippen LogP contribution in [0.5, 0.6) is 0 Å². The van der Waals surface area contributed by atoms with E-state index in [1.54, 1.807) is 36.3 Å². The smallest absolute Gasteiger partial charge is 0.293 e. The lowest BCUT2D eigenvalue weighted by molar-refractivity contribution is -0.384. The van der Waals surface area contributed by atoms with Crippen LogP contribution in [0.25, 0.3) is 11.1 Å². The Labute approximate surface area is 365 Å². The van der Waals surface area contributed by atoms with Gasteiger partial charge in [-0.3, -0.25) is 24.8 Å². The number of benzene rings is 5. The van der Waals surface area contributed by atoms with Gasteiger partial charge in [0.25, 0.3) is 21.6 Å². The number of hydrogen-bond acceptors (Lipinski definition) is 11. The van der Waals surface area contributed by atoms with Crippen LogP contribution in [0.3, 0.4) is 0 Å². The third-order valence-corrected chi connectivity index (χ3v) is 13.2. The summed E-state index contributed by atoms with van der Waals surface area (Å²) in [6, 6.07) is 40.1. The molecule has 314 valence electrons. The van der Waals surface area contributed by atoms with Gasteiger partial charge in [0.2, 0.25) is 0 Å². The van der Waals surface area contributed by atoms with Crippen molar-refractivity contribution in [2.24, 2.45) is 0 Å². The van der Waals surface area contributed by atoms with Crippen LogP contribution in [0.4, 0.5) is 17.1 Å². The average molecular weight is 877 g/mol.